The number of pyridine rings is 1. The molecule has 15 heteroatoms. The average molecular weight is 557 g/mol. The lowest BCUT2D eigenvalue weighted by atomic mass is 9.77. The van der Waals surface area contributed by atoms with Crippen LogP contribution in [-0.2, 0) is 25.7 Å². The molecule has 0 bridgehead atoms. The first-order valence-corrected chi connectivity index (χ1v) is 11.8. The molecular weight excluding hydrogens is 528 g/mol. The second kappa shape index (κ2) is 13.7. The molecule has 3 fully saturated rings. The quantitative estimate of drug-likeness (QED) is 0.482. The predicted octanol–water partition coefficient (Wildman–Crippen LogP) is 3.24. The summed E-state index contributed by atoms with van der Waals surface area (Å²) in [5.74, 6) is -4.89. The van der Waals surface area contributed by atoms with Crippen molar-refractivity contribution in [3.05, 3.63) is 30.1 Å². The van der Waals surface area contributed by atoms with Gasteiger partial charge in [0, 0.05) is 56.5 Å². The zero-order valence-corrected chi connectivity index (χ0v) is 20.2. The molecule has 3 aliphatic rings. The molecule has 0 spiro atoms. The number of carbonyl (C=O) groups excluding carboxylic acids is 1. The van der Waals surface area contributed by atoms with Crippen LogP contribution >= 0.6 is 0 Å². The number of piperidine rings is 1. The normalized spacial score (nSPS) is 23.8. The Morgan fingerprint density at radius 2 is 1.63 bits per heavy atom. The van der Waals surface area contributed by atoms with Crippen LogP contribution < -0.4 is 5.32 Å². The van der Waals surface area contributed by atoms with Crippen molar-refractivity contribution in [2.24, 2.45) is 11.8 Å². The van der Waals surface area contributed by atoms with E-state index in [1.165, 1.54) is 19.3 Å². The molecule has 3 atom stereocenters. The van der Waals surface area contributed by atoms with Gasteiger partial charge in [0.2, 0.25) is 5.91 Å². The second-order valence-corrected chi connectivity index (χ2v) is 9.02. The minimum Gasteiger partial charge on any atom is -0.475 e. The summed E-state index contributed by atoms with van der Waals surface area (Å²) in [7, 11) is 0. The van der Waals surface area contributed by atoms with E-state index in [1.807, 2.05) is 18.3 Å². The molecule has 38 heavy (non-hydrogen) atoms. The van der Waals surface area contributed by atoms with E-state index in [0.29, 0.717) is 12.5 Å². The van der Waals surface area contributed by atoms with Crippen LogP contribution in [0.4, 0.5) is 26.3 Å². The number of nitrogens with one attached hydrogen (secondary N) is 1. The van der Waals surface area contributed by atoms with Gasteiger partial charge < -0.3 is 20.3 Å². The summed E-state index contributed by atoms with van der Waals surface area (Å²) in [5, 5.41) is 17.4. The Kier molecular flexibility index (Phi) is 11.3. The van der Waals surface area contributed by atoms with Crippen LogP contribution in [0.25, 0.3) is 0 Å². The molecular formula is C23H29F6N3O6. The number of likely N-dealkylation sites (tertiary alicyclic amines) is 1. The number of amides is 1. The highest BCUT2D eigenvalue weighted by Gasteiger charge is 2.43. The molecule has 0 aromatic carbocycles. The summed E-state index contributed by atoms with van der Waals surface area (Å²) >= 11 is 0. The van der Waals surface area contributed by atoms with Crippen molar-refractivity contribution < 1.29 is 55.7 Å². The van der Waals surface area contributed by atoms with Crippen LogP contribution in [0.15, 0.2) is 24.5 Å². The Bertz CT molecular complexity index is 902. The molecule has 214 valence electrons. The van der Waals surface area contributed by atoms with E-state index < -0.39 is 24.3 Å². The third-order valence-corrected chi connectivity index (χ3v) is 6.50. The lowest BCUT2D eigenvalue weighted by Gasteiger charge is -2.48. The summed E-state index contributed by atoms with van der Waals surface area (Å²) in [6.07, 6.45) is -0.388. The topological polar surface area (TPSA) is 129 Å². The smallest absolute Gasteiger partial charge is 0.475 e. The molecule has 1 amide bonds. The first-order chi connectivity index (χ1) is 17.7. The fraction of sp³-hybridized carbons (Fsp3) is 0.652. The SMILES string of the molecule is O=C(NCc1cccnc1)[C@@H]1CCO[C@@H]2CCN(C3CCC3)C[C@@H]21.O=C(O)C(F)(F)F.O=C(O)C(F)(F)F. The summed E-state index contributed by atoms with van der Waals surface area (Å²) in [4.78, 5) is 37.3. The summed E-state index contributed by atoms with van der Waals surface area (Å²) in [6.45, 7) is 3.44. The minimum absolute atomic E-state index is 0.0864. The Balaban J connectivity index is 0.000000301. The van der Waals surface area contributed by atoms with E-state index in [2.05, 4.69) is 15.2 Å². The van der Waals surface area contributed by atoms with E-state index in [-0.39, 0.29) is 17.9 Å². The second-order valence-electron chi connectivity index (χ2n) is 9.02. The predicted molar refractivity (Wildman–Crippen MR) is 119 cm³/mol. The number of hydrogen-bond donors (Lipinski definition) is 3. The van der Waals surface area contributed by atoms with Crippen LogP contribution in [0, 0.1) is 11.8 Å². The monoisotopic (exact) mass is 557 g/mol. The van der Waals surface area contributed by atoms with Crippen molar-refractivity contribution in [3.63, 3.8) is 0 Å². The number of fused-ring (bicyclic) bond motifs is 1. The lowest BCUT2D eigenvalue weighted by Crippen LogP contribution is -2.56. The standard InChI is InChI=1S/C19H27N3O2.2C2HF3O2/c23-19(21-12-14-3-2-8-20-11-14)16-7-10-24-18-6-9-22(13-17(16)18)15-4-1-5-15;2*3-2(4,5)1(6)7/h2-3,8,11,15-18H,1,4-7,9-10,12-13H2,(H,21,23);2*(H,6,7)/t16-,17-,18-;;/m1../s1. The molecule has 3 heterocycles. The molecule has 1 saturated carbocycles. The number of carboxylic acids is 2. The molecule has 2 saturated heterocycles. The Labute approximate surface area is 214 Å². The first-order valence-electron chi connectivity index (χ1n) is 11.8. The van der Waals surface area contributed by atoms with E-state index in [0.717, 1.165) is 44.1 Å². The fourth-order valence-corrected chi connectivity index (χ4v) is 4.37. The van der Waals surface area contributed by atoms with Crippen molar-refractivity contribution in [1.29, 1.82) is 0 Å². The number of aromatic nitrogens is 1. The van der Waals surface area contributed by atoms with E-state index >= 15 is 0 Å². The van der Waals surface area contributed by atoms with Crippen LogP contribution in [0.3, 0.4) is 0 Å². The van der Waals surface area contributed by atoms with Gasteiger partial charge in [0.05, 0.1) is 6.10 Å². The number of carbonyl (C=O) groups is 3. The maximum Gasteiger partial charge on any atom is 0.490 e. The third-order valence-electron chi connectivity index (χ3n) is 6.50. The number of nitrogens with zero attached hydrogens (tertiary/aromatic N) is 2. The molecule has 0 radical (unpaired) electrons. The van der Waals surface area contributed by atoms with Gasteiger partial charge in [-0.3, -0.25) is 14.7 Å². The van der Waals surface area contributed by atoms with Gasteiger partial charge in [-0.1, -0.05) is 12.5 Å². The third kappa shape index (κ3) is 9.74. The fourth-order valence-electron chi connectivity index (χ4n) is 4.37. The van der Waals surface area contributed by atoms with E-state index in [1.54, 1.807) is 6.20 Å². The highest BCUT2D eigenvalue weighted by atomic mass is 19.4. The van der Waals surface area contributed by atoms with Crippen molar-refractivity contribution in [2.45, 2.75) is 63.1 Å². The minimum atomic E-state index is -5.08. The van der Waals surface area contributed by atoms with E-state index in [9.17, 15) is 31.1 Å². The molecule has 0 unspecified atom stereocenters. The Morgan fingerprint density at radius 1 is 1.03 bits per heavy atom. The average Bonchev–Trinajstić information content (AvgIpc) is 2.81. The molecule has 2 aliphatic heterocycles. The van der Waals surface area contributed by atoms with Gasteiger partial charge in [0.25, 0.3) is 0 Å². The molecule has 4 rings (SSSR count). The lowest BCUT2D eigenvalue weighted by molar-refractivity contribution is -0.193. The maximum absolute atomic E-state index is 12.8. The zero-order chi connectivity index (χ0) is 28.5. The Hall–Kier alpha value is -2.94. The summed E-state index contributed by atoms with van der Waals surface area (Å²) in [6, 6.07) is 4.66. The van der Waals surface area contributed by atoms with Gasteiger partial charge in [0.15, 0.2) is 0 Å². The van der Waals surface area contributed by atoms with Crippen LogP contribution in [-0.4, -0.2) is 82.1 Å². The van der Waals surface area contributed by atoms with Crippen molar-refractivity contribution >= 4 is 17.8 Å². The van der Waals surface area contributed by atoms with Crippen molar-refractivity contribution in [2.75, 3.05) is 19.7 Å². The van der Waals surface area contributed by atoms with Gasteiger partial charge in [-0.2, -0.15) is 26.3 Å². The van der Waals surface area contributed by atoms with Gasteiger partial charge in [-0.05, 0) is 37.3 Å². The van der Waals surface area contributed by atoms with Gasteiger partial charge >= 0.3 is 24.3 Å². The number of alkyl halides is 6. The summed E-state index contributed by atoms with van der Waals surface area (Å²) < 4.78 is 69.5. The van der Waals surface area contributed by atoms with Crippen LogP contribution in [0.1, 0.15) is 37.7 Å². The number of carboxylic acid groups (broad SMARTS) is 2. The number of hydrogen-bond acceptors (Lipinski definition) is 6. The zero-order valence-electron chi connectivity index (χ0n) is 20.2. The first kappa shape index (κ1) is 31.3. The number of halogens is 6. The molecule has 1 aromatic heterocycles. The highest BCUT2D eigenvalue weighted by molar-refractivity contribution is 5.79. The van der Waals surface area contributed by atoms with Crippen molar-refractivity contribution in [3.8, 4) is 0 Å². The van der Waals surface area contributed by atoms with Crippen LogP contribution in [0.5, 0.6) is 0 Å². The van der Waals surface area contributed by atoms with E-state index in [4.69, 9.17) is 24.5 Å². The maximum atomic E-state index is 12.8. The molecule has 1 aromatic rings. The summed E-state index contributed by atoms with van der Waals surface area (Å²) in [5.41, 5.74) is 1.05. The van der Waals surface area contributed by atoms with Gasteiger partial charge in [-0.25, -0.2) is 9.59 Å². The largest absolute Gasteiger partial charge is 0.490 e. The number of ether oxygens (including phenoxy) is 1. The van der Waals surface area contributed by atoms with Crippen molar-refractivity contribution in [1.82, 2.24) is 15.2 Å². The highest BCUT2D eigenvalue weighted by Crippen LogP contribution is 2.36. The number of rotatable bonds is 4. The molecule has 1 aliphatic carbocycles. The molecule has 9 nitrogen and oxygen atoms in total. The number of aliphatic carboxylic acids is 2. The van der Waals surface area contributed by atoms with Gasteiger partial charge in [0.1, 0.15) is 0 Å². The Morgan fingerprint density at radius 3 is 2.11 bits per heavy atom. The molecule has 3 N–H and O–H groups in total. The van der Waals surface area contributed by atoms with Crippen LogP contribution in [0.2, 0.25) is 0 Å². The van der Waals surface area contributed by atoms with Gasteiger partial charge in [-0.15, -0.1) is 0 Å².